The molecule has 46 heavy (non-hydrogen) atoms. The number of carbonyl (C=O) groups excluding carboxylic acids is 2. The molecule has 2 saturated carbocycles. The standard InChI is InChI=1S/C36H52N6O4/c1-23(2)29(35(43)45-5)41-21-37-33(39-27-13-9-7-10-14-27)31(41)25-17-19-26(20-18-25)32-34(40-28-15-11-8-12-16-28)38-22-42(32)30(24(3)4)36(44)46-6/h17-24,27-30,39-40H,7-16H2,1-6H3/p+2/t29-,30-/m0/s1. The molecule has 2 aliphatic carbocycles. The smallest absolute Gasteiger partial charge is 0.351 e. The van der Waals surface area contributed by atoms with Gasteiger partial charge < -0.3 is 20.1 Å². The largest absolute Gasteiger partial charge is 0.466 e. The van der Waals surface area contributed by atoms with Crippen LogP contribution in [0.3, 0.4) is 0 Å². The molecule has 0 amide bonds. The van der Waals surface area contributed by atoms with Crippen molar-refractivity contribution >= 4 is 23.6 Å². The Morgan fingerprint density at radius 3 is 1.30 bits per heavy atom. The highest BCUT2D eigenvalue weighted by molar-refractivity contribution is 5.77. The van der Waals surface area contributed by atoms with E-state index in [2.05, 4.69) is 44.9 Å². The van der Waals surface area contributed by atoms with E-state index in [1.807, 2.05) is 49.5 Å². The molecule has 1 aromatic carbocycles. The lowest BCUT2D eigenvalue weighted by molar-refractivity contribution is -0.705. The molecule has 2 aliphatic rings. The average Bonchev–Trinajstić information content (AvgIpc) is 3.65. The number of benzene rings is 1. The molecule has 250 valence electrons. The van der Waals surface area contributed by atoms with Crippen LogP contribution in [0.1, 0.15) is 104 Å². The number of methoxy groups -OCH3 is 2. The van der Waals surface area contributed by atoms with Crippen molar-refractivity contribution in [3.63, 3.8) is 0 Å². The number of anilines is 2. The molecule has 2 fully saturated rings. The number of imidazole rings is 2. The molecule has 10 nitrogen and oxygen atoms in total. The van der Waals surface area contributed by atoms with Gasteiger partial charge in [-0.2, -0.15) is 0 Å². The van der Waals surface area contributed by atoms with Gasteiger partial charge in [-0.15, -0.1) is 0 Å². The fourth-order valence-electron chi connectivity index (χ4n) is 7.38. The van der Waals surface area contributed by atoms with Crippen molar-refractivity contribution in [3.8, 4) is 22.5 Å². The van der Waals surface area contributed by atoms with Crippen LogP contribution in [0.15, 0.2) is 36.9 Å². The Morgan fingerprint density at radius 2 is 1.00 bits per heavy atom. The minimum Gasteiger partial charge on any atom is -0.466 e. The van der Waals surface area contributed by atoms with E-state index in [-0.39, 0.29) is 23.8 Å². The number of nitrogens with zero attached hydrogens (tertiary/aromatic N) is 2. The first-order valence-corrected chi connectivity index (χ1v) is 17.3. The fourth-order valence-corrected chi connectivity index (χ4v) is 7.38. The Morgan fingerprint density at radius 1 is 0.652 bits per heavy atom. The van der Waals surface area contributed by atoms with E-state index in [1.165, 1.54) is 52.7 Å². The Bertz CT molecular complexity index is 1340. The predicted molar refractivity (Wildman–Crippen MR) is 179 cm³/mol. The molecule has 0 unspecified atom stereocenters. The third-order valence-corrected chi connectivity index (χ3v) is 9.77. The molecule has 0 bridgehead atoms. The first kappa shape index (κ1) is 33.5. The summed E-state index contributed by atoms with van der Waals surface area (Å²) in [5, 5.41) is 7.54. The van der Waals surface area contributed by atoms with E-state index >= 15 is 0 Å². The summed E-state index contributed by atoms with van der Waals surface area (Å²) >= 11 is 0. The molecule has 0 aliphatic heterocycles. The van der Waals surface area contributed by atoms with E-state index in [0.29, 0.717) is 12.1 Å². The highest BCUT2D eigenvalue weighted by atomic mass is 16.5. The molecular formula is C36H54N6O4+2. The Kier molecular flexibility index (Phi) is 11.1. The predicted octanol–water partition coefficient (Wildman–Crippen LogP) is 6.48. The summed E-state index contributed by atoms with van der Waals surface area (Å²) in [4.78, 5) is 33.0. The quantitative estimate of drug-likeness (QED) is 0.134. The van der Waals surface area contributed by atoms with Crippen LogP contribution in [-0.4, -0.2) is 48.2 Å². The number of hydrogen-bond donors (Lipinski definition) is 4. The summed E-state index contributed by atoms with van der Waals surface area (Å²) in [5.74, 6) is 1.33. The molecule has 3 aromatic rings. The minimum atomic E-state index is -0.484. The van der Waals surface area contributed by atoms with Crippen LogP contribution in [0.2, 0.25) is 0 Å². The van der Waals surface area contributed by atoms with Crippen molar-refractivity contribution in [2.75, 3.05) is 24.9 Å². The lowest BCUT2D eigenvalue weighted by Gasteiger charge is -2.23. The van der Waals surface area contributed by atoms with Gasteiger partial charge in [-0.25, -0.2) is 28.7 Å². The molecule has 2 atom stereocenters. The van der Waals surface area contributed by atoms with E-state index in [4.69, 9.17) is 9.47 Å². The Balaban J connectivity index is 1.58. The van der Waals surface area contributed by atoms with Crippen LogP contribution < -0.4 is 19.8 Å². The van der Waals surface area contributed by atoms with Crippen molar-refractivity contribution < 1.29 is 28.2 Å². The zero-order chi connectivity index (χ0) is 32.8. The highest BCUT2D eigenvalue weighted by Gasteiger charge is 2.37. The lowest BCUT2D eigenvalue weighted by Crippen LogP contribution is -2.47. The fraction of sp³-hybridized carbons (Fsp3) is 0.611. The van der Waals surface area contributed by atoms with Crippen molar-refractivity contribution in [2.24, 2.45) is 11.8 Å². The highest BCUT2D eigenvalue weighted by Crippen LogP contribution is 2.34. The van der Waals surface area contributed by atoms with Gasteiger partial charge in [-0.05, 0) is 49.9 Å². The molecule has 2 aromatic heterocycles. The van der Waals surface area contributed by atoms with Gasteiger partial charge in [0, 0.05) is 35.0 Å². The average molecular weight is 635 g/mol. The van der Waals surface area contributed by atoms with Gasteiger partial charge in [0.15, 0.2) is 11.4 Å². The molecule has 2 heterocycles. The number of carbonyl (C=O) groups is 2. The zero-order valence-corrected chi connectivity index (χ0v) is 28.5. The molecule has 4 N–H and O–H groups in total. The van der Waals surface area contributed by atoms with E-state index in [1.54, 1.807) is 0 Å². The van der Waals surface area contributed by atoms with E-state index < -0.39 is 12.1 Å². The van der Waals surface area contributed by atoms with Crippen molar-refractivity contribution in [3.05, 3.63) is 36.9 Å². The van der Waals surface area contributed by atoms with E-state index in [0.717, 1.165) is 59.8 Å². The number of H-pyrrole nitrogens is 2. The topological polar surface area (TPSA) is 116 Å². The number of nitrogens with one attached hydrogen (secondary N) is 4. The summed E-state index contributed by atoms with van der Waals surface area (Å²) in [6.45, 7) is 8.17. The van der Waals surface area contributed by atoms with Gasteiger partial charge in [0.05, 0.1) is 14.2 Å². The monoisotopic (exact) mass is 634 g/mol. The maximum atomic E-state index is 13.1. The second-order valence-corrected chi connectivity index (χ2v) is 13.8. The third kappa shape index (κ3) is 7.26. The third-order valence-electron chi connectivity index (χ3n) is 9.77. The first-order chi connectivity index (χ1) is 22.2. The number of aromatic amines is 2. The SMILES string of the molecule is COC(=O)[C@H](C(C)C)[n+]1c[nH]c(NC2CCCCC2)c1-c1ccc(-c2c(NC3CCCCC3)[nH]c[n+]2[C@H](C(=O)OC)C(C)C)cc1. The number of aromatic nitrogens is 4. The van der Waals surface area contributed by atoms with Crippen molar-refractivity contribution in [1.29, 1.82) is 0 Å². The van der Waals surface area contributed by atoms with Gasteiger partial charge in [0.1, 0.15) is 0 Å². The van der Waals surface area contributed by atoms with Crippen molar-refractivity contribution in [1.82, 2.24) is 9.97 Å². The van der Waals surface area contributed by atoms with Crippen LogP contribution in [0.4, 0.5) is 11.6 Å². The Hall–Kier alpha value is -3.82. The normalized spacial score (nSPS) is 17.6. The number of ether oxygens (including phenoxy) is 2. The number of hydrogen-bond acceptors (Lipinski definition) is 6. The van der Waals surface area contributed by atoms with Crippen LogP contribution >= 0.6 is 0 Å². The summed E-state index contributed by atoms with van der Waals surface area (Å²) in [6.07, 6.45) is 15.7. The second kappa shape index (κ2) is 15.2. The summed E-state index contributed by atoms with van der Waals surface area (Å²) in [6, 6.07) is 8.24. The Labute approximate surface area is 273 Å². The first-order valence-electron chi connectivity index (χ1n) is 17.3. The van der Waals surface area contributed by atoms with Crippen LogP contribution in [0.25, 0.3) is 22.5 Å². The van der Waals surface area contributed by atoms with Gasteiger partial charge in [-0.1, -0.05) is 66.2 Å². The van der Waals surface area contributed by atoms with Gasteiger partial charge >= 0.3 is 11.9 Å². The van der Waals surface area contributed by atoms with Crippen LogP contribution in [-0.2, 0) is 19.1 Å². The zero-order valence-electron chi connectivity index (χ0n) is 28.5. The van der Waals surface area contributed by atoms with E-state index in [9.17, 15) is 9.59 Å². The number of rotatable bonds is 12. The maximum absolute atomic E-state index is 13.1. The van der Waals surface area contributed by atoms with Gasteiger partial charge in [-0.3, -0.25) is 0 Å². The summed E-state index contributed by atoms with van der Waals surface area (Å²) in [5.41, 5.74) is 3.82. The number of esters is 2. The van der Waals surface area contributed by atoms with Gasteiger partial charge in [0.2, 0.25) is 36.4 Å². The summed E-state index contributed by atoms with van der Waals surface area (Å²) < 4.78 is 14.6. The molecule has 0 radical (unpaired) electrons. The molecule has 10 heteroatoms. The van der Waals surface area contributed by atoms with Gasteiger partial charge in [0.25, 0.3) is 0 Å². The summed E-state index contributed by atoms with van der Waals surface area (Å²) in [7, 11) is 2.90. The minimum absolute atomic E-state index is 0.0207. The van der Waals surface area contributed by atoms with Crippen LogP contribution in [0.5, 0.6) is 0 Å². The second-order valence-electron chi connectivity index (χ2n) is 13.8. The molecule has 5 rings (SSSR count). The molecular weight excluding hydrogens is 580 g/mol. The maximum Gasteiger partial charge on any atom is 0.351 e. The molecule has 0 spiro atoms. The lowest BCUT2D eigenvalue weighted by atomic mass is 9.95. The molecule has 0 saturated heterocycles. The van der Waals surface area contributed by atoms with Crippen LogP contribution in [0, 0.1) is 11.8 Å². The van der Waals surface area contributed by atoms with Crippen molar-refractivity contribution in [2.45, 2.75) is 116 Å².